The first kappa shape index (κ1) is 19.8. The Bertz CT molecular complexity index is 727. The van der Waals surface area contributed by atoms with Crippen molar-refractivity contribution in [2.45, 2.75) is 32.9 Å². The van der Waals surface area contributed by atoms with E-state index in [4.69, 9.17) is 0 Å². The SMILES string of the molecule is CN=C(NCc1ccc(N(C)C)cc1)N(C)Cc1cn(C)nc1C(C)C. The van der Waals surface area contributed by atoms with Gasteiger partial charge in [0.05, 0.1) is 5.69 Å². The molecule has 0 aliphatic heterocycles. The minimum Gasteiger partial charge on any atom is -0.378 e. The van der Waals surface area contributed by atoms with Crippen LogP contribution >= 0.6 is 0 Å². The average molecular weight is 357 g/mol. The molecule has 0 saturated carbocycles. The number of aromatic nitrogens is 2. The van der Waals surface area contributed by atoms with Crippen molar-refractivity contribution in [2.24, 2.45) is 12.0 Å². The van der Waals surface area contributed by atoms with Gasteiger partial charge in [-0.1, -0.05) is 26.0 Å². The van der Waals surface area contributed by atoms with Crippen LogP contribution in [0.2, 0.25) is 0 Å². The lowest BCUT2D eigenvalue weighted by atomic mass is 10.1. The molecule has 6 nitrogen and oxygen atoms in total. The van der Waals surface area contributed by atoms with E-state index in [9.17, 15) is 0 Å². The van der Waals surface area contributed by atoms with Gasteiger partial charge in [-0.2, -0.15) is 5.10 Å². The van der Waals surface area contributed by atoms with Crippen LogP contribution in [0.25, 0.3) is 0 Å². The summed E-state index contributed by atoms with van der Waals surface area (Å²) in [6, 6.07) is 8.56. The zero-order valence-electron chi connectivity index (χ0n) is 17.1. The minimum atomic E-state index is 0.407. The van der Waals surface area contributed by atoms with Crippen LogP contribution < -0.4 is 10.2 Å². The van der Waals surface area contributed by atoms with E-state index < -0.39 is 0 Å². The first-order chi connectivity index (χ1) is 12.3. The first-order valence-corrected chi connectivity index (χ1v) is 9.02. The number of hydrogen-bond acceptors (Lipinski definition) is 3. The van der Waals surface area contributed by atoms with Crippen LogP contribution in [0, 0.1) is 0 Å². The minimum absolute atomic E-state index is 0.407. The molecule has 2 rings (SSSR count). The third-order valence-electron chi connectivity index (χ3n) is 4.37. The molecule has 6 heteroatoms. The van der Waals surface area contributed by atoms with Crippen LogP contribution in [0.3, 0.4) is 0 Å². The Kier molecular flexibility index (Phi) is 6.66. The molecular weight excluding hydrogens is 324 g/mol. The summed E-state index contributed by atoms with van der Waals surface area (Å²) in [4.78, 5) is 8.66. The topological polar surface area (TPSA) is 48.7 Å². The van der Waals surface area contributed by atoms with Crippen molar-refractivity contribution in [2.75, 3.05) is 33.1 Å². The number of aliphatic imine (C=N–C) groups is 1. The quantitative estimate of drug-likeness (QED) is 0.639. The van der Waals surface area contributed by atoms with Crippen molar-refractivity contribution in [1.29, 1.82) is 0 Å². The Morgan fingerprint density at radius 3 is 2.38 bits per heavy atom. The summed E-state index contributed by atoms with van der Waals surface area (Å²) in [6.45, 7) is 5.88. The van der Waals surface area contributed by atoms with E-state index in [1.807, 2.05) is 32.9 Å². The van der Waals surface area contributed by atoms with Crippen LogP contribution in [0.4, 0.5) is 5.69 Å². The highest BCUT2D eigenvalue weighted by Crippen LogP contribution is 2.18. The molecule has 2 aromatic rings. The summed E-state index contributed by atoms with van der Waals surface area (Å²) in [7, 11) is 9.95. The normalized spacial score (nSPS) is 11.8. The maximum absolute atomic E-state index is 4.59. The molecule has 26 heavy (non-hydrogen) atoms. The van der Waals surface area contributed by atoms with Crippen LogP contribution in [0.5, 0.6) is 0 Å². The average Bonchev–Trinajstić information content (AvgIpc) is 2.96. The molecule has 0 aliphatic rings. The van der Waals surface area contributed by atoms with Gasteiger partial charge in [-0.15, -0.1) is 0 Å². The van der Waals surface area contributed by atoms with Gasteiger partial charge in [0.1, 0.15) is 0 Å². The van der Waals surface area contributed by atoms with Crippen LogP contribution in [0.15, 0.2) is 35.5 Å². The molecule has 0 atom stereocenters. The second-order valence-electron chi connectivity index (χ2n) is 7.19. The molecule has 1 aromatic heterocycles. The highest BCUT2D eigenvalue weighted by molar-refractivity contribution is 5.79. The van der Waals surface area contributed by atoms with Gasteiger partial charge in [0, 0.05) is 65.8 Å². The zero-order valence-corrected chi connectivity index (χ0v) is 17.1. The maximum Gasteiger partial charge on any atom is 0.193 e. The Hall–Kier alpha value is -2.50. The summed E-state index contributed by atoms with van der Waals surface area (Å²) in [5.41, 5.74) is 4.82. The fraction of sp³-hybridized carbons (Fsp3) is 0.500. The van der Waals surface area contributed by atoms with Gasteiger partial charge in [0.2, 0.25) is 0 Å². The number of guanidine groups is 1. The smallest absolute Gasteiger partial charge is 0.193 e. The molecule has 0 unspecified atom stereocenters. The van der Waals surface area contributed by atoms with Gasteiger partial charge in [0.25, 0.3) is 0 Å². The van der Waals surface area contributed by atoms with Crippen molar-refractivity contribution >= 4 is 11.6 Å². The molecule has 0 radical (unpaired) electrons. The molecule has 0 amide bonds. The summed E-state index contributed by atoms with van der Waals surface area (Å²) < 4.78 is 1.89. The molecule has 0 bridgehead atoms. The third kappa shape index (κ3) is 5.00. The van der Waals surface area contributed by atoms with Crippen molar-refractivity contribution in [3.05, 3.63) is 47.3 Å². The number of hydrogen-bond donors (Lipinski definition) is 1. The van der Waals surface area contributed by atoms with Crippen LogP contribution in [-0.2, 0) is 20.1 Å². The van der Waals surface area contributed by atoms with Crippen LogP contribution in [-0.4, -0.2) is 48.8 Å². The zero-order chi connectivity index (χ0) is 19.3. The van der Waals surface area contributed by atoms with E-state index in [-0.39, 0.29) is 0 Å². The van der Waals surface area contributed by atoms with E-state index in [2.05, 4.69) is 76.6 Å². The van der Waals surface area contributed by atoms with Crippen molar-refractivity contribution < 1.29 is 0 Å². The van der Waals surface area contributed by atoms with Gasteiger partial charge in [0.15, 0.2) is 5.96 Å². The molecule has 0 aliphatic carbocycles. The number of aryl methyl sites for hydroxylation is 1. The summed E-state index contributed by atoms with van der Waals surface area (Å²) in [6.07, 6.45) is 2.10. The summed E-state index contributed by atoms with van der Waals surface area (Å²) in [5.74, 6) is 1.28. The number of rotatable bonds is 6. The molecule has 1 aromatic carbocycles. The Labute approximate surface area is 157 Å². The molecule has 0 spiro atoms. The predicted molar refractivity (Wildman–Crippen MR) is 110 cm³/mol. The van der Waals surface area contributed by atoms with Gasteiger partial charge in [-0.05, 0) is 23.6 Å². The second-order valence-corrected chi connectivity index (χ2v) is 7.19. The maximum atomic E-state index is 4.59. The molecule has 1 heterocycles. The fourth-order valence-corrected chi connectivity index (χ4v) is 2.97. The largest absolute Gasteiger partial charge is 0.378 e. The molecule has 0 fully saturated rings. The fourth-order valence-electron chi connectivity index (χ4n) is 2.97. The lowest BCUT2D eigenvalue weighted by Gasteiger charge is -2.22. The summed E-state index contributed by atoms with van der Waals surface area (Å²) >= 11 is 0. The van der Waals surface area contributed by atoms with Crippen LogP contribution in [0.1, 0.15) is 36.6 Å². The van der Waals surface area contributed by atoms with E-state index in [1.165, 1.54) is 16.8 Å². The number of nitrogens with zero attached hydrogens (tertiary/aromatic N) is 5. The van der Waals surface area contributed by atoms with Crippen molar-refractivity contribution in [3.8, 4) is 0 Å². The Balaban J connectivity index is 2.00. The van der Waals surface area contributed by atoms with Gasteiger partial charge < -0.3 is 15.1 Å². The number of benzene rings is 1. The molecule has 1 N–H and O–H groups in total. The lowest BCUT2D eigenvalue weighted by molar-refractivity contribution is 0.473. The standard InChI is InChI=1S/C20H32N6/c1-15(2)19-17(14-26(7)23-19)13-25(6)20(21-3)22-12-16-8-10-18(11-9-16)24(4)5/h8-11,14-15H,12-13H2,1-7H3,(H,21,22). The number of nitrogens with one attached hydrogen (secondary N) is 1. The molecule has 142 valence electrons. The van der Waals surface area contributed by atoms with E-state index in [0.717, 1.165) is 24.7 Å². The summed E-state index contributed by atoms with van der Waals surface area (Å²) in [5, 5.41) is 8.04. The van der Waals surface area contributed by atoms with Gasteiger partial charge >= 0.3 is 0 Å². The van der Waals surface area contributed by atoms with Gasteiger partial charge in [-0.25, -0.2) is 0 Å². The first-order valence-electron chi connectivity index (χ1n) is 9.02. The highest BCUT2D eigenvalue weighted by atomic mass is 15.3. The molecule has 0 saturated heterocycles. The van der Waals surface area contributed by atoms with Crippen molar-refractivity contribution in [3.63, 3.8) is 0 Å². The monoisotopic (exact) mass is 356 g/mol. The Morgan fingerprint density at radius 1 is 1.19 bits per heavy atom. The highest BCUT2D eigenvalue weighted by Gasteiger charge is 2.15. The lowest BCUT2D eigenvalue weighted by Crippen LogP contribution is -2.38. The third-order valence-corrected chi connectivity index (χ3v) is 4.37. The van der Waals surface area contributed by atoms with Crippen molar-refractivity contribution in [1.82, 2.24) is 20.0 Å². The van der Waals surface area contributed by atoms with E-state index in [0.29, 0.717) is 5.92 Å². The second kappa shape index (κ2) is 8.74. The van der Waals surface area contributed by atoms with E-state index >= 15 is 0 Å². The Morgan fingerprint density at radius 2 is 1.85 bits per heavy atom. The predicted octanol–water partition coefficient (Wildman–Crippen LogP) is 2.82. The molecular formula is C20H32N6. The van der Waals surface area contributed by atoms with Gasteiger partial charge in [-0.3, -0.25) is 9.67 Å². The number of anilines is 1. The van der Waals surface area contributed by atoms with E-state index in [1.54, 1.807) is 0 Å².